The highest BCUT2D eigenvalue weighted by molar-refractivity contribution is 5.20. The zero-order chi connectivity index (χ0) is 12.7. The highest BCUT2D eigenvalue weighted by Gasteiger charge is 2.12. The summed E-state index contributed by atoms with van der Waals surface area (Å²) in [6, 6.07) is 10.5. The molecule has 0 aliphatic rings. The zero-order valence-corrected chi connectivity index (χ0v) is 11.5. The number of nitrogens with zero attached hydrogens (tertiary/aromatic N) is 1. The summed E-state index contributed by atoms with van der Waals surface area (Å²) in [5.74, 6) is 1.70. The lowest BCUT2D eigenvalue weighted by molar-refractivity contribution is 0.156. The highest BCUT2D eigenvalue weighted by Crippen LogP contribution is 2.11. The van der Waals surface area contributed by atoms with Gasteiger partial charge in [-0.1, -0.05) is 38.5 Å². The second kappa shape index (κ2) is 7.33. The Labute approximate surface area is 106 Å². The topological polar surface area (TPSA) is 12.5 Å². The second-order valence-corrected chi connectivity index (χ2v) is 4.93. The maximum atomic E-state index is 5.76. The predicted octanol–water partition coefficient (Wildman–Crippen LogP) is 3.43. The molecule has 0 N–H and O–H groups in total. The van der Waals surface area contributed by atoms with Gasteiger partial charge in [-0.2, -0.15) is 0 Å². The lowest BCUT2D eigenvalue weighted by Gasteiger charge is -2.27. The molecule has 2 atom stereocenters. The van der Waals surface area contributed by atoms with Crippen LogP contribution in [-0.2, 0) is 0 Å². The Morgan fingerprint density at radius 2 is 1.82 bits per heavy atom. The third kappa shape index (κ3) is 5.22. The van der Waals surface area contributed by atoms with E-state index < -0.39 is 0 Å². The van der Waals surface area contributed by atoms with Gasteiger partial charge in [-0.3, -0.25) is 0 Å². The molecular formula is C15H25NO. The van der Waals surface area contributed by atoms with E-state index in [1.54, 1.807) is 0 Å². The van der Waals surface area contributed by atoms with E-state index in [-0.39, 0.29) is 0 Å². The molecule has 96 valence electrons. The molecule has 2 nitrogen and oxygen atoms in total. The third-order valence-electron chi connectivity index (χ3n) is 3.28. The van der Waals surface area contributed by atoms with Crippen molar-refractivity contribution < 1.29 is 4.74 Å². The van der Waals surface area contributed by atoms with Crippen LogP contribution in [0, 0.1) is 5.92 Å². The summed E-state index contributed by atoms with van der Waals surface area (Å²) in [5, 5.41) is 0. The monoisotopic (exact) mass is 235 g/mol. The van der Waals surface area contributed by atoms with Gasteiger partial charge >= 0.3 is 0 Å². The van der Waals surface area contributed by atoms with Gasteiger partial charge in [-0.25, -0.2) is 0 Å². The van der Waals surface area contributed by atoms with Crippen LogP contribution < -0.4 is 4.74 Å². The Hall–Kier alpha value is -1.02. The van der Waals surface area contributed by atoms with Crippen LogP contribution in [0.1, 0.15) is 27.2 Å². The quantitative estimate of drug-likeness (QED) is 0.718. The minimum atomic E-state index is 0.448. The molecule has 0 saturated carbocycles. The lowest BCUT2D eigenvalue weighted by Crippen LogP contribution is -2.36. The Morgan fingerprint density at radius 3 is 2.41 bits per heavy atom. The van der Waals surface area contributed by atoms with E-state index in [1.165, 1.54) is 6.42 Å². The van der Waals surface area contributed by atoms with Gasteiger partial charge in [0.15, 0.2) is 0 Å². The minimum absolute atomic E-state index is 0.448. The largest absolute Gasteiger partial charge is 0.492 e. The SMILES string of the molecule is CC[C@H](C)CN(C)C(C)COc1ccccc1. The number of benzene rings is 1. The molecule has 0 aliphatic carbocycles. The van der Waals surface area contributed by atoms with Crippen molar-refractivity contribution in [1.29, 1.82) is 0 Å². The Bertz CT molecular complexity index is 299. The summed E-state index contributed by atoms with van der Waals surface area (Å²) in [7, 11) is 2.17. The molecule has 0 saturated heterocycles. The molecule has 2 heteroatoms. The van der Waals surface area contributed by atoms with Crippen molar-refractivity contribution in [2.24, 2.45) is 5.92 Å². The smallest absolute Gasteiger partial charge is 0.119 e. The maximum Gasteiger partial charge on any atom is 0.119 e. The van der Waals surface area contributed by atoms with E-state index in [4.69, 9.17) is 4.74 Å². The molecule has 0 fully saturated rings. The molecule has 0 heterocycles. The van der Waals surface area contributed by atoms with Crippen molar-refractivity contribution >= 4 is 0 Å². The van der Waals surface area contributed by atoms with Gasteiger partial charge in [0, 0.05) is 12.6 Å². The van der Waals surface area contributed by atoms with Crippen LogP contribution in [0.25, 0.3) is 0 Å². The average molecular weight is 235 g/mol. The molecular weight excluding hydrogens is 210 g/mol. The fourth-order valence-corrected chi connectivity index (χ4v) is 1.66. The van der Waals surface area contributed by atoms with Gasteiger partial charge in [-0.05, 0) is 32.0 Å². The molecule has 1 aromatic rings. The third-order valence-corrected chi connectivity index (χ3v) is 3.28. The van der Waals surface area contributed by atoms with Crippen molar-refractivity contribution in [3.8, 4) is 5.75 Å². The number of para-hydroxylation sites is 1. The summed E-state index contributed by atoms with van der Waals surface area (Å²) < 4.78 is 5.76. The first-order valence-corrected chi connectivity index (χ1v) is 6.51. The fourth-order valence-electron chi connectivity index (χ4n) is 1.66. The van der Waals surface area contributed by atoms with E-state index in [9.17, 15) is 0 Å². The van der Waals surface area contributed by atoms with Crippen molar-refractivity contribution in [1.82, 2.24) is 4.90 Å². The van der Waals surface area contributed by atoms with Crippen LogP contribution in [0.2, 0.25) is 0 Å². The van der Waals surface area contributed by atoms with Crippen LogP contribution in [0.4, 0.5) is 0 Å². The average Bonchev–Trinajstić information content (AvgIpc) is 2.36. The van der Waals surface area contributed by atoms with E-state index in [1.807, 2.05) is 30.3 Å². The summed E-state index contributed by atoms with van der Waals surface area (Å²) >= 11 is 0. The summed E-state index contributed by atoms with van der Waals surface area (Å²) in [5.41, 5.74) is 0. The molecule has 1 aromatic carbocycles. The van der Waals surface area contributed by atoms with Crippen LogP contribution in [-0.4, -0.2) is 31.1 Å². The first kappa shape index (κ1) is 14.0. The molecule has 0 radical (unpaired) electrons. The van der Waals surface area contributed by atoms with Crippen molar-refractivity contribution in [2.75, 3.05) is 20.2 Å². The van der Waals surface area contributed by atoms with Gasteiger partial charge in [-0.15, -0.1) is 0 Å². The molecule has 0 spiro atoms. The second-order valence-electron chi connectivity index (χ2n) is 4.93. The first-order chi connectivity index (χ1) is 8.13. The van der Waals surface area contributed by atoms with Crippen molar-refractivity contribution in [2.45, 2.75) is 33.2 Å². The summed E-state index contributed by atoms with van der Waals surface area (Å²) in [6.07, 6.45) is 1.23. The molecule has 1 unspecified atom stereocenters. The lowest BCUT2D eigenvalue weighted by atomic mass is 10.1. The fraction of sp³-hybridized carbons (Fsp3) is 0.600. The standard InChI is InChI=1S/C15H25NO/c1-5-13(2)11-16(4)14(3)12-17-15-9-7-6-8-10-15/h6-10,13-14H,5,11-12H2,1-4H3/t13-,14?/m0/s1. The van der Waals surface area contributed by atoms with Crippen LogP contribution >= 0.6 is 0 Å². The number of ether oxygens (including phenoxy) is 1. The number of hydrogen-bond acceptors (Lipinski definition) is 2. The first-order valence-electron chi connectivity index (χ1n) is 6.51. The molecule has 0 amide bonds. The van der Waals surface area contributed by atoms with Gasteiger partial charge in [0.1, 0.15) is 12.4 Å². The number of likely N-dealkylation sites (N-methyl/N-ethyl adjacent to an activating group) is 1. The highest BCUT2D eigenvalue weighted by atomic mass is 16.5. The Morgan fingerprint density at radius 1 is 1.18 bits per heavy atom. The van der Waals surface area contributed by atoms with Crippen molar-refractivity contribution in [3.05, 3.63) is 30.3 Å². The molecule has 17 heavy (non-hydrogen) atoms. The van der Waals surface area contributed by atoms with Gasteiger partial charge < -0.3 is 9.64 Å². The predicted molar refractivity (Wildman–Crippen MR) is 73.5 cm³/mol. The molecule has 0 aliphatic heterocycles. The molecule has 1 rings (SSSR count). The van der Waals surface area contributed by atoms with E-state index in [0.29, 0.717) is 6.04 Å². The van der Waals surface area contributed by atoms with Gasteiger partial charge in [0.05, 0.1) is 0 Å². The van der Waals surface area contributed by atoms with Crippen molar-refractivity contribution in [3.63, 3.8) is 0 Å². The molecule has 0 aromatic heterocycles. The number of hydrogen-bond donors (Lipinski definition) is 0. The summed E-state index contributed by atoms with van der Waals surface area (Å²) in [6.45, 7) is 8.63. The summed E-state index contributed by atoms with van der Waals surface area (Å²) in [4.78, 5) is 2.37. The van der Waals surface area contributed by atoms with Gasteiger partial charge in [0.25, 0.3) is 0 Å². The molecule has 0 bridgehead atoms. The van der Waals surface area contributed by atoms with Crippen LogP contribution in [0.5, 0.6) is 5.75 Å². The van der Waals surface area contributed by atoms with E-state index in [2.05, 4.69) is 32.7 Å². The Kier molecular flexibility index (Phi) is 6.06. The normalized spacial score (nSPS) is 14.6. The minimum Gasteiger partial charge on any atom is -0.492 e. The van der Waals surface area contributed by atoms with E-state index >= 15 is 0 Å². The number of rotatable bonds is 7. The Balaban J connectivity index is 2.31. The maximum absolute atomic E-state index is 5.76. The van der Waals surface area contributed by atoms with Crippen LogP contribution in [0.3, 0.4) is 0 Å². The van der Waals surface area contributed by atoms with Crippen LogP contribution in [0.15, 0.2) is 30.3 Å². The van der Waals surface area contributed by atoms with Gasteiger partial charge in [0.2, 0.25) is 0 Å². The zero-order valence-electron chi connectivity index (χ0n) is 11.5. The van der Waals surface area contributed by atoms with E-state index in [0.717, 1.165) is 24.8 Å².